The summed E-state index contributed by atoms with van der Waals surface area (Å²) in [6.45, 7) is 6.43. The van der Waals surface area contributed by atoms with Gasteiger partial charge in [-0.05, 0) is 44.5 Å². The van der Waals surface area contributed by atoms with Gasteiger partial charge in [-0.15, -0.1) is 0 Å². The molecule has 2 aliphatic heterocycles. The molecule has 4 heterocycles. The van der Waals surface area contributed by atoms with Gasteiger partial charge >= 0.3 is 0 Å². The SMILES string of the molecule is Cc1ccc(-c2cc(C(=O)N3CCN(c4cccc(Cl)c4)CC3)c3c(C)nn(C4CCS(=O)(=O)C4)c3n2)cc1. The minimum atomic E-state index is -3.12. The van der Waals surface area contributed by atoms with Gasteiger partial charge in [-0.2, -0.15) is 5.10 Å². The van der Waals surface area contributed by atoms with Crippen molar-refractivity contribution >= 4 is 44.1 Å². The smallest absolute Gasteiger partial charge is 0.254 e. The molecule has 6 rings (SSSR count). The van der Waals surface area contributed by atoms with Crippen LogP contribution in [0, 0.1) is 13.8 Å². The number of aromatic nitrogens is 3. The van der Waals surface area contributed by atoms with Crippen LogP contribution < -0.4 is 4.90 Å². The summed E-state index contributed by atoms with van der Waals surface area (Å²) in [5, 5.41) is 6.12. The predicted octanol–water partition coefficient (Wildman–Crippen LogP) is 4.69. The molecule has 1 unspecified atom stereocenters. The van der Waals surface area contributed by atoms with Crippen molar-refractivity contribution in [3.05, 3.63) is 76.4 Å². The van der Waals surface area contributed by atoms with Crippen molar-refractivity contribution in [2.45, 2.75) is 26.3 Å². The lowest BCUT2D eigenvalue weighted by Gasteiger charge is -2.36. The number of rotatable bonds is 4. The van der Waals surface area contributed by atoms with E-state index in [1.54, 1.807) is 4.68 Å². The molecule has 39 heavy (non-hydrogen) atoms. The van der Waals surface area contributed by atoms with Gasteiger partial charge in [-0.25, -0.2) is 18.1 Å². The van der Waals surface area contributed by atoms with E-state index in [9.17, 15) is 13.2 Å². The first-order chi connectivity index (χ1) is 18.7. The van der Waals surface area contributed by atoms with Crippen LogP contribution in [0.3, 0.4) is 0 Å². The lowest BCUT2D eigenvalue weighted by atomic mass is 10.0. The van der Waals surface area contributed by atoms with Crippen molar-refractivity contribution in [2.75, 3.05) is 42.6 Å². The minimum absolute atomic E-state index is 0.0361. The summed E-state index contributed by atoms with van der Waals surface area (Å²) >= 11 is 6.19. The number of sulfone groups is 1. The van der Waals surface area contributed by atoms with Crippen molar-refractivity contribution in [3.8, 4) is 11.3 Å². The van der Waals surface area contributed by atoms with Gasteiger partial charge in [0.15, 0.2) is 15.5 Å². The van der Waals surface area contributed by atoms with Crippen LogP contribution in [0.15, 0.2) is 54.6 Å². The number of nitrogens with zero attached hydrogens (tertiary/aromatic N) is 5. The van der Waals surface area contributed by atoms with E-state index in [2.05, 4.69) is 4.90 Å². The van der Waals surface area contributed by atoms with Crippen LogP contribution >= 0.6 is 11.6 Å². The number of halogens is 1. The van der Waals surface area contributed by atoms with E-state index in [-0.39, 0.29) is 23.5 Å². The third kappa shape index (κ3) is 5.01. The maximum absolute atomic E-state index is 14.1. The van der Waals surface area contributed by atoms with Crippen LogP contribution in [0.5, 0.6) is 0 Å². The Morgan fingerprint density at radius 2 is 1.74 bits per heavy atom. The number of benzene rings is 2. The maximum Gasteiger partial charge on any atom is 0.254 e. The van der Waals surface area contributed by atoms with Crippen LogP contribution in [-0.4, -0.2) is 71.7 Å². The van der Waals surface area contributed by atoms with Gasteiger partial charge in [0.2, 0.25) is 0 Å². The van der Waals surface area contributed by atoms with Crippen molar-refractivity contribution < 1.29 is 13.2 Å². The molecule has 2 aliphatic rings. The Bertz CT molecular complexity index is 1680. The van der Waals surface area contributed by atoms with E-state index in [1.165, 1.54) is 0 Å². The monoisotopic (exact) mass is 563 g/mol. The number of pyridine rings is 1. The van der Waals surface area contributed by atoms with E-state index in [1.807, 2.05) is 73.3 Å². The van der Waals surface area contributed by atoms with Gasteiger partial charge in [0.25, 0.3) is 5.91 Å². The Labute approximate surface area is 233 Å². The van der Waals surface area contributed by atoms with Crippen LogP contribution in [-0.2, 0) is 9.84 Å². The van der Waals surface area contributed by atoms with Crippen LogP contribution in [0.4, 0.5) is 5.69 Å². The second-order valence-electron chi connectivity index (χ2n) is 10.5. The highest BCUT2D eigenvalue weighted by Crippen LogP contribution is 2.33. The normalized spacial score (nSPS) is 19.1. The molecule has 2 aromatic heterocycles. The van der Waals surface area contributed by atoms with Gasteiger partial charge in [0, 0.05) is 42.5 Å². The number of amides is 1. The summed E-state index contributed by atoms with van der Waals surface area (Å²) in [6, 6.07) is 17.4. The Balaban J connectivity index is 1.39. The highest BCUT2D eigenvalue weighted by Gasteiger charge is 2.33. The van der Waals surface area contributed by atoms with Gasteiger partial charge in [0.05, 0.1) is 39.9 Å². The zero-order chi connectivity index (χ0) is 27.3. The number of hydrogen-bond acceptors (Lipinski definition) is 6. The molecule has 0 spiro atoms. The average molecular weight is 564 g/mol. The van der Waals surface area contributed by atoms with E-state index >= 15 is 0 Å². The van der Waals surface area contributed by atoms with Crippen LogP contribution in [0.25, 0.3) is 22.3 Å². The zero-order valence-electron chi connectivity index (χ0n) is 22.0. The van der Waals surface area contributed by atoms with Gasteiger partial charge in [-0.1, -0.05) is 47.5 Å². The van der Waals surface area contributed by atoms with Crippen molar-refractivity contribution in [1.82, 2.24) is 19.7 Å². The topological polar surface area (TPSA) is 88.4 Å². The van der Waals surface area contributed by atoms with Gasteiger partial charge < -0.3 is 9.80 Å². The number of carbonyl (C=O) groups is 1. The molecule has 1 atom stereocenters. The Morgan fingerprint density at radius 3 is 2.41 bits per heavy atom. The summed E-state index contributed by atoms with van der Waals surface area (Å²) in [7, 11) is -3.12. The molecule has 2 aromatic carbocycles. The standard InChI is InChI=1S/C29H30ClN5O3S/c1-19-6-8-21(9-7-19)26-17-25(27-20(2)32-35(28(27)31-26)24-10-15-39(37,38)18-24)29(36)34-13-11-33(12-14-34)23-5-3-4-22(30)16-23/h3-9,16-17,24H,10-15,18H2,1-2H3. The second-order valence-corrected chi connectivity index (χ2v) is 13.1. The Kier molecular flexibility index (Phi) is 6.59. The van der Waals surface area contributed by atoms with E-state index in [0.717, 1.165) is 16.8 Å². The van der Waals surface area contributed by atoms with Gasteiger partial charge in [-0.3, -0.25) is 4.79 Å². The van der Waals surface area contributed by atoms with Crippen molar-refractivity contribution in [1.29, 1.82) is 0 Å². The van der Waals surface area contributed by atoms with E-state index in [0.29, 0.717) is 65.6 Å². The first-order valence-corrected chi connectivity index (χ1v) is 15.4. The number of carbonyl (C=O) groups excluding carboxylic acids is 1. The fraction of sp³-hybridized carbons (Fsp3) is 0.345. The molecule has 10 heteroatoms. The quantitative estimate of drug-likeness (QED) is 0.358. The molecule has 202 valence electrons. The molecule has 0 saturated carbocycles. The number of anilines is 1. The summed E-state index contributed by atoms with van der Waals surface area (Å²) in [5.74, 6) is 0.107. The summed E-state index contributed by atoms with van der Waals surface area (Å²) < 4.78 is 26.3. The first-order valence-electron chi connectivity index (χ1n) is 13.2. The summed E-state index contributed by atoms with van der Waals surface area (Å²) in [5.41, 5.74) is 5.54. The van der Waals surface area contributed by atoms with E-state index < -0.39 is 9.84 Å². The summed E-state index contributed by atoms with van der Waals surface area (Å²) in [6.07, 6.45) is 0.490. The number of fused-ring (bicyclic) bond motifs is 1. The summed E-state index contributed by atoms with van der Waals surface area (Å²) in [4.78, 5) is 23.1. The first kappa shape index (κ1) is 25.8. The second kappa shape index (κ2) is 9.95. The fourth-order valence-electron chi connectivity index (χ4n) is 5.59. The van der Waals surface area contributed by atoms with E-state index in [4.69, 9.17) is 21.7 Å². The molecule has 4 aromatic rings. The Morgan fingerprint density at radius 1 is 1.00 bits per heavy atom. The largest absolute Gasteiger partial charge is 0.368 e. The fourth-order valence-corrected chi connectivity index (χ4v) is 7.46. The average Bonchev–Trinajstić information content (AvgIpc) is 3.46. The lowest BCUT2D eigenvalue weighted by molar-refractivity contribution is 0.0748. The highest BCUT2D eigenvalue weighted by molar-refractivity contribution is 7.91. The lowest BCUT2D eigenvalue weighted by Crippen LogP contribution is -2.48. The Hall–Kier alpha value is -3.43. The molecular weight excluding hydrogens is 534 g/mol. The molecule has 0 bridgehead atoms. The predicted molar refractivity (Wildman–Crippen MR) is 154 cm³/mol. The molecular formula is C29H30ClN5O3S. The number of aryl methyl sites for hydroxylation is 2. The van der Waals surface area contributed by atoms with Crippen molar-refractivity contribution in [2.24, 2.45) is 0 Å². The van der Waals surface area contributed by atoms with Crippen LogP contribution in [0.2, 0.25) is 5.02 Å². The van der Waals surface area contributed by atoms with Gasteiger partial charge in [0.1, 0.15) is 0 Å². The van der Waals surface area contributed by atoms with Crippen LogP contribution in [0.1, 0.15) is 34.1 Å². The molecule has 2 fully saturated rings. The maximum atomic E-state index is 14.1. The zero-order valence-corrected chi connectivity index (χ0v) is 23.5. The third-order valence-electron chi connectivity index (χ3n) is 7.71. The highest BCUT2D eigenvalue weighted by atomic mass is 35.5. The van der Waals surface area contributed by atoms with Crippen molar-refractivity contribution in [3.63, 3.8) is 0 Å². The number of piperazine rings is 1. The molecule has 0 radical (unpaired) electrons. The molecule has 8 nitrogen and oxygen atoms in total. The molecule has 0 aliphatic carbocycles. The molecule has 2 saturated heterocycles. The molecule has 1 amide bonds. The molecule has 0 N–H and O–H groups in total. The minimum Gasteiger partial charge on any atom is -0.368 e. The number of hydrogen-bond donors (Lipinski definition) is 0. The third-order valence-corrected chi connectivity index (χ3v) is 9.69.